The number of nitrogens with zero attached hydrogens (tertiary/aromatic N) is 4. The molecule has 4 rings (SSSR count). The van der Waals surface area contributed by atoms with Gasteiger partial charge in [0.05, 0.1) is 0 Å². The lowest BCUT2D eigenvalue weighted by Gasteiger charge is -2.35. The second-order valence-electron chi connectivity index (χ2n) is 8.23. The van der Waals surface area contributed by atoms with E-state index in [1.165, 1.54) is 12.0 Å². The maximum absolute atomic E-state index is 13.1. The van der Waals surface area contributed by atoms with Crippen LogP contribution < -0.4 is 5.73 Å². The van der Waals surface area contributed by atoms with Crippen LogP contribution in [0, 0.1) is 5.92 Å². The number of amides is 1. The van der Waals surface area contributed by atoms with E-state index >= 15 is 0 Å². The zero-order valence-corrected chi connectivity index (χ0v) is 16.4. The summed E-state index contributed by atoms with van der Waals surface area (Å²) in [6.07, 6.45) is 4.64. The monoisotopic (exact) mass is 357 g/mol. The molecular formula is C20H31N5O. The first-order valence-corrected chi connectivity index (χ1v) is 9.64. The van der Waals surface area contributed by atoms with Gasteiger partial charge in [0.1, 0.15) is 5.69 Å². The van der Waals surface area contributed by atoms with Crippen LogP contribution in [-0.4, -0.2) is 57.9 Å². The molecule has 6 heteroatoms. The third-order valence-electron chi connectivity index (χ3n) is 5.42. The molecule has 4 heterocycles. The van der Waals surface area contributed by atoms with Crippen LogP contribution in [0.25, 0.3) is 0 Å². The molecule has 3 fully saturated rings. The van der Waals surface area contributed by atoms with Crippen LogP contribution in [0.3, 0.4) is 0 Å². The topological polar surface area (TPSA) is 75.3 Å². The van der Waals surface area contributed by atoms with Crippen LogP contribution >= 0.6 is 0 Å². The predicted molar refractivity (Wildman–Crippen MR) is 104 cm³/mol. The molecule has 2 atom stereocenters. The molecule has 0 radical (unpaired) electrons. The predicted octanol–water partition coefficient (Wildman–Crippen LogP) is 2.68. The maximum atomic E-state index is 13.1. The molecule has 0 aliphatic carbocycles. The van der Waals surface area contributed by atoms with Gasteiger partial charge in [0.2, 0.25) is 5.95 Å². The number of hydrogen-bond acceptors (Lipinski definition) is 5. The molecule has 26 heavy (non-hydrogen) atoms. The Morgan fingerprint density at radius 2 is 2.04 bits per heavy atom. The summed E-state index contributed by atoms with van der Waals surface area (Å²) in [6.45, 7) is 12.0. The van der Waals surface area contributed by atoms with Gasteiger partial charge in [-0.2, -0.15) is 0 Å². The molecule has 3 aliphatic heterocycles. The second-order valence-corrected chi connectivity index (χ2v) is 8.23. The number of aromatic nitrogens is 2. The van der Waals surface area contributed by atoms with Gasteiger partial charge in [0.25, 0.3) is 5.91 Å². The van der Waals surface area contributed by atoms with E-state index in [9.17, 15) is 4.79 Å². The molecule has 3 aliphatic rings. The van der Waals surface area contributed by atoms with E-state index in [0.717, 1.165) is 38.3 Å². The van der Waals surface area contributed by atoms with Crippen molar-refractivity contribution in [3.8, 4) is 0 Å². The molecule has 0 unspecified atom stereocenters. The molecule has 142 valence electrons. The summed E-state index contributed by atoms with van der Waals surface area (Å²) in [4.78, 5) is 26.1. The molecule has 1 aromatic rings. The standard InChI is InChI=1S/C20H31N5O/c1-13(2)7-8-24-10-15-5-6-16(24)12-25(11-15)19(26)18-9-17(14(3)4)22-20(21)23-18/h7,9,14-16H,5-6,8,10-12H2,1-4H3,(H2,21,22,23)/t15-,16-/m0/s1. The van der Waals surface area contributed by atoms with Gasteiger partial charge in [-0.05, 0) is 44.6 Å². The number of allylic oxidation sites excluding steroid dienone is 1. The van der Waals surface area contributed by atoms with E-state index in [4.69, 9.17) is 5.73 Å². The van der Waals surface area contributed by atoms with Crippen LogP contribution in [0.15, 0.2) is 17.7 Å². The molecule has 0 spiro atoms. The highest BCUT2D eigenvalue weighted by molar-refractivity contribution is 5.92. The molecular weight excluding hydrogens is 326 g/mol. The lowest BCUT2D eigenvalue weighted by molar-refractivity contribution is 0.0734. The Bertz CT molecular complexity index is 695. The number of carbonyl (C=O) groups excluding carboxylic acids is 1. The average molecular weight is 358 g/mol. The summed E-state index contributed by atoms with van der Waals surface area (Å²) in [5, 5.41) is 0. The Morgan fingerprint density at radius 3 is 2.73 bits per heavy atom. The summed E-state index contributed by atoms with van der Waals surface area (Å²) >= 11 is 0. The van der Waals surface area contributed by atoms with E-state index < -0.39 is 0 Å². The van der Waals surface area contributed by atoms with Crippen LogP contribution in [0.5, 0.6) is 0 Å². The zero-order valence-electron chi connectivity index (χ0n) is 16.4. The first-order chi connectivity index (χ1) is 12.3. The summed E-state index contributed by atoms with van der Waals surface area (Å²) < 4.78 is 0. The Kier molecular flexibility index (Phi) is 5.61. The maximum Gasteiger partial charge on any atom is 0.272 e. The number of nitrogen functional groups attached to an aromatic ring is 1. The van der Waals surface area contributed by atoms with Gasteiger partial charge in [-0.1, -0.05) is 25.5 Å². The number of hydrogen-bond donors (Lipinski definition) is 1. The fraction of sp³-hybridized carbons (Fsp3) is 0.650. The van der Waals surface area contributed by atoms with Crippen LogP contribution in [0.1, 0.15) is 62.6 Å². The molecule has 0 aromatic carbocycles. The van der Waals surface area contributed by atoms with Gasteiger partial charge < -0.3 is 10.6 Å². The fourth-order valence-corrected chi connectivity index (χ4v) is 3.92. The lowest BCUT2D eigenvalue weighted by atomic mass is 9.95. The van der Waals surface area contributed by atoms with Gasteiger partial charge in [0, 0.05) is 37.9 Å². The van der Waals surface area contributed by atoms with Crippen molar-refractivity contribution < 1.29 is 4.79 Å². The van der Waals surface area contributed by atoms with Gasteiger partial charge in [0.15, 0.2) is 0 Å². The molecule has 1 amide bonds. The molecule has 2 N–H and O–H groups in total. The number of anilines is 1. The van der Waals surface area contributed by atoms with Gasteiger partial charge in [-0.3, -0.25) is 9.69 Å². The highest BCUT2D eigenvalue weighted by Gasteiger charge is 2.36. The van der Waals surface area contributed by atoms with Crippen molar-refractivity contribution in [2.24, 2.45) is 5.92 Å². The van der Waals surface area contributed by atoms with Crippen LogP contribution in [0.2, 0.25) is 0 Å². The highest BCUT2D eigenvalue weighted by atomic mass is 16.2. The van der Waals surface area contributed by atoms with Crippen LogP contribution in [-0.2, 0) is 0 Å². The summed E-state index contributed by atoms with van der Waals surface area (Å²) in [5.74, 6) is 0.920. The van der Waals surface area contributed by atoms with Gasteiger partial charge in [-0.15, -0.1) is 0 Å². The van der Waals surface area contributed by atoms with Crippen molar-refractivity contribution in [1.29, 1.82) is 0 Å². The molecule has 2 bridgehead atoms. The van der Waals surface area contributed by atoms with Gasteiger partial charge in [-0.25, -0.2) is 9.97 Å². The van der Waals surface area contributed by atoms with Crippen molar-refractivity contribution in [2.75, 3.05) is 31.9 Å². The zero-order chi connectivity index (χ0) is 18.8. The lowest BCUT2D eigenvalue weighted by Crippen LogP contribution is -2.44. The molecule has 1 aromatic heterocycles. The number of fused-ring (bicyclic) bond motifs is 4. The second kappa shape index (κ2) is 7.74. The minimum absolute atomic E-state index is 0.0121. The fourth-order valence-electron chi connectivity index (χ4n) is 3.92. The smallest absolute Gasteiger partial charge is 0.272 e. The Labute approximate surface area is 156 Å². The third kappa shape index (κ3) is 4.23. The Balaban J connectivity index is 1.78. The van der Waals surface area contributed by atoms with Crippen molar-refractivity contribution in [1.82, 2.24) is 19.8 Å². The Morgan fingerprint density at radius 1 is 1.27 bits per heavy atom. The van der Waals surface area contributed by atoms with E-state index in [1.807, 2.05) is 18.7 Å². The Hall–Kier alpha value is -1.95. The number of rotatable bonds is 4. The van der Waals surface area contributed by atoms with Crippen molar-refractivity contribution in [2.45, 2.75) is 52.5 Å². The van der Waals surface area contributed by atoms with Gasteiger partial charge >= 0.3 is 0 Å². The SMILES string of the molecule is CC(C)=CCN1C[C@@H]2CC[C@H]1CN(C(=O)c1cc(C(C)C)nc(N)n1)C2. The minimum Gasteiger partial charge on any atom is -0.368 e. The first-order valence-electron chi connectivity index (χ1n) is 9.64. The number of piperidine rings is 1. The number of carbonyl (C=O) groups is 1. The summed E-state index contributed by atoms with van der Waals surface area (Å²) in [6, 6.07) is 2.23. The van der Waals surface area contributed by atoms with E-state index in [1.54, 1.807) is 6.07 Å². The molecule has 3 saturated heterocycles. The van der Waals surface area contributed by atoms with E-state index in [0.29, 0.717) is 17.7 Å². The summed E-state index contributed by atoms with van der Waals surface area (Å²) in [7, 11) is 0. The quantitative estimate of drug-likeness (QED) is 0.839. The minimum atomic E-state index is -0.0121. The first kappa shape index (κ1) is 18.8. The van der Waals surface area contributed by atoms with E-state index in [-0.39, 0.29) is 17.8 Å². The average Bonchev–Trinajstić information content (AvgIpc) is 2.90. The largest absolute Gasteiger partial charge is 0.368 e. The van der Waals surface area contributed by atoms with Crippen LogP contribution in [0.4, 0.5) is 5.95 Å². The highest BCUT2D eigenvalue weighted by Crippen LogP contribution is 2.29. The number of nitrogens with two attached hydrogens (primary N) is 1. The normalized spacial score (nSPS) is 23.2. The van der Waals surface area contributed by atoms with Crippen molar-refractivity contribution >= 4 is 11.9 Å². The summed E-state index contributed by atoms with van der Waals surface area (Å²) in [5.41, 5.74) is 8.44. The van der Waals surface area contributed by atoms with Crippen molar-refractivity contribution in [3.63, 3.8) is 0 Å². The molecule has 0 saturated carbocycles. The third-order valence-corrected chi connectivity index (χ3v) is 5.42. The van der Waals surface area contributed by atoms with Crippen molar-refractivity contribution in [3.05, 3.63) is 29.1 Å². The molecule has 6 nitrogen and oxygen atoms in total. The van der Waals surface area contributed by atoms with E-state index in [2.05, 4.69) is 34.8 Å².